The van der Waals surface area contributed by atoms with Crippen molar-refractivity contribution in [2.75, 3.05) is 19.7 Å². The van der Waals surface area contributed by atoms with Gasteiger partial charge in [-0.3, -0.25) is 9.46 Å². The number of aliphatic hydroxyl groups is 1. The number of nitrogens with zero attached hydrogens (tertiary/aromatic N) is 1. The fourth-order valence-electron chi connectivity index (χ4n) is 2.51. The summed E-state index contributed by atoms with van der Waals surface area (Å²) in [5.74, 6) is 0.0898. The monoisotopic (exact) mass is 333 g/mol. The zero-order chi connectivity index (χ0) is 16.5. The van der Waals surface area contributed by atoms with Crippen molar-refractivity contribution in [2.45, 2.75) is 64.8 Å². The summed E-state index contributed by atoms with van der Waals surface area (Å²) in [7, 11) is 0.779. The zero-order valence-electron chi connectivity index (χ0n) is 14.4. The number of aliphatic hydroxyl groups excluding tert-OH is 1. The van der Waals surface area contributed by atoms with Crippen molar-refractivity contribution in [3.8, 4) is 0 Å². The van der Waals surface area contributed by atoms with Crippen LogP contribution in [0.15, 0.2) is 0 Å². The Hall–Kier alpha value is 0.197. The maximum absolute atomic E-state index is 12.2. The first-order valence-electron chi connectivity index (χ1n) is 7.75. The Morgan fingerprint density at radius 1 is 1.38 bits per heavy atom. The Morgan fingerprint density at radius 2 is 1.86 bits per heavy atom. The van der Waals surface area contributed by atoms with Crippen LogP contribution in [0.1, 0.15) is 40.5 Å². The fourth-order valence-corrected chi connectivity index (χ4v) is 3.77. The standard InChI is InChI=1S/C15H32NO3PSi/c1-12(17)15(7-9-16(20)10-8-15)13(18)11-19-21(5,6)14(2,3)4/h13,18H,7-11,20H2,1-6H3. The predicted octanol–water partition coefficient (Wildman–Crippen LogP) is 2.83. The first kappa shape index (κ1) is 19.2. The van der Waals surface area contributed by atoms with Crippen LogP contribution in [-0.4, -0.2) is 49.7 Å². The van der Waals surface area contributed by atoms with Crippen molar-refractivity contribution in [3.63, 3.8) is 0 Å². The third kappa shape index (κ3) is 4.35. The lowest BCUT2D eigenvalue weighted by atomic mass is 9.71. The minimum absolute atomic E-state index is 0.0898. The number of piperidine rings is 1. The topological polar surface area (TPSA) is 49.8 Å². The number of hydrogen-bond acceptors (Lipinski definition) is 4. The highest BCUT2D eigenvalue weighted by Gasteiger charge is 2.46. The molecule has 1 rings (SSSR count). The van der Waals surface area contributed by atoms with Crippen LogP contribution in [-0.2, 0) is 9.22 Å². The van der Waals surface area contributed by atoms with Gasteiger partial charge < -0.3 is 9.53 Å². The van der Waals surface area contributed by atoms with Crippen LogP contribution in [0.5, 0.6) is 0 Å². The van der Waals surface area contributed by atoms with Crippen molar-refractivity contribution in [1.82, 2.24) is 4.67 Å². The van der Waals surface area contributed by atoms with E-state index in [9.17, 15) is 9.90 Å². The molecule has 1 saturated heterocycles. The highest BCUT2D eigenvalue weighted by atomic mass is 31.0. The van der Waals surface area contributed by atoms with E-state index in [2.05, 4.69) is 47.9 Å². The average Bonchev–Trinajstić information content (AvgIpc) is 2.35. The second-order valence-electron chi connectivity index (χ2n) is 7.84. The van der Waals surface area contributed by atoms with Crippen LogP contribution >= 0.6 is 9.39 Å². The van der Waals surface area contributed by atoms with Crippen molar-refractivity contribution < 1.29 is 14.3 Å². The normalized spacial score (nSPS) is 22.1. The summed E-state index contributed by atoms with van der Waals surface area (Å²) >= 11 is 0. The van der Waals surface area contributed by atoms with Crippen molar-refractivity contribution in [3.05, 3.63) is 0 Å². The summed E-state index contributed by atoms with van der Waals surface area (Å²) in [6.45, 7) is 14.4. The second-order valence-corrected chi connectivity index (χ2v) is 13.4. The quantitative estimate of drug-likeness (QED) is 0.621. The van der Waals surface area contributed by atoms with E-state index in [-0.39, 0.29) is 17.4 Å². The molecule has 2 unspecified atom stereocenters. The van der Waals surface area contributed by atoms with Gasteiger partial charge in [-0.1, -0.05) is 30.2 Å². The van der Waals surface area contributed by atoms with Gasteiger partial charge in [0.1, 0.15) is 5.78 Å². The van der Waals surface area contributed by atoms with Crippen LogP contribution in [0.2, 0.25) is 18.1 Å². The van der Waals surface area contributed by atoms with E-state index in [1.165, 1.54) is 0 Å². The highest BCUT2D eigenvalue weighted by Crippen LogP contribution is 2.40. The number of carbonyl (C=O) groups excluding carboxylic acids is 1. The number of hydrogen-bond donors (Lipinski definition) is 1. The molecule has 21 heavy (non-hydrogen) atoms. The molecular formula is C15H32NO3PSi. The van der Waals surface area contributed by atoms with E-state index in [0.717, 1.165) is 13.1 Å². The van der Waals surface area contributed by atoms with E-state index < -0.39 is 19.8 Å². The average molecular weight is 333 g/mol. The lowest BCUT2D eigenvalue weighted by Crippen LogP contribution is -2.52. The van der Waals surface area contributed by atoms with Gasteiger partial charge in [0.25, 0.3) is 0 Å². The molecule has 4 nitrogen and oxygen atoms in total. The van der Waals surface area contributed by atoms with Gasteiger partial charge in [-0.2, -0.15) is 0 Å². The number of rotatable bonds is 5. The molecule has 0 saturated carbocycles. The fraction of sp³-hybridized carbons (Fsp3) is 0.933. The summed E-state index contributed by atoms with van der Waals surface area (Å²) in [5, 5.41) is 10.8. The number of carbonyl (C=O) groups is 1. The van der Waals surface area contributed by atoms with Gasteiger partial charge in [0.15, 0.2) is 8.32 Å². The summed E-state index contributed by atoms with van der Waals surface area (Å²) in [6, 6.07) is 0. The molecule has 0 aliphatic carbocycles. The molecule has 1 N–H and O–H groups in total. The minimum Gasteiger partial charge on any atom is -0.414 e. The maximum atomic E-state index is 12.2. The maximum Gasteiger partial charge on any atom is 0.192 e. The molecule has 0 bridgehead atoms. The summed E-state index contributed by atoms with van der Waals surface area (Å²) in [5.41, 5.74) is -0.630. The number of Topliss-reactive ketones (excluding diaryl/α,β-unsaturated/α-hetero) is 1. The van der Waals surface area contributed by atoms with Crippen molar-refractivity contribution in [2.24, 2.45) is 5.41 Å². The van der Waals surface area contributed by atoms with Gasteiger partial charge >= 0.3 is 0 Å². The van der Waals surface area contributed by atoms with Gasteiger partial charge in [-0.05, 0) is 37.9 Å². The van der Waals surface area contributed by atoms with E-state index in [4.69, 9.17) is 4.43 Å². The Labute approximate surface area is 133 Å². The molecule has 0 radical (unpaired) electrons. The van der Waals surface area contributed by atoms with Crippen LogP contribution in [0.4, 0.5) is 0 Å². The molecule has 124 valence electrons. The Morgan fingerprint density at radius 3 is 2.24 bits per heavy atom. The third-order valence-electron chi connectivity index (χ3n) is 5.44. The van der Waals surface area contributed by atoms with E-state index in [1.54, 1.807) is 6.92 Å². The largest absolute Gasteiger partial charge is 0.414 e. The van der Waals surface area contributed by atoms with Crippen LogP contribution < -0.4 is 0 Å². The Kier molecular flexibility index (Phi) is 6.19. The zero-order valence-corrected chi connectivity index (χ0v) is 16.6. The SMILES string of the molecule is CC(=O)C1(C(O)CO[Si](C)(C)C(C)(C)C)CCN(P)CC1. The summed E-state index contributed by atoms with van der Waals surface area (Å²) in [4.78, 5) is 12.2. The molecule has 0 spiro atoms. The lowest BCUT2D eigenvalue weighted by molar-refractivity contribution is -0.139. The van der Waals surface area contributed by atoms with E-state index >= 15 is 0 Å². The van der Waals surface area contributed by atoms with Crippen LogP contribution in [0.25, 0.3) is 0 Å². The summed E-state index contributed by atoms with van der Waals surface area (Å²) < 4.78 is 8.26. The molecule has 2 atom stereocenters. The molecular weight excluding hydrogens is 301 g/mol. The summed E-state index contributed by atoms with van der Waals surface area (Å²) in [6.07, 6.45) is 0.699. The molecule has 0 aromatic rings. The first-order valence-corrected chi connectivity index (χ1v) is 11.2. The van der Waals surface area contributed by atoms with Gasteiger partial charge in [-0.25, -0.2) is 0 Å². The second kappa shape index (κ2) is 6.75. The van der Waals surface area contributed by atoms with Crippen LogP contribution in [0, 0.1) is 5.41 Å². The molecule has 1 aliphatic rings. The predicted molar refractivity (Wildman–Crippen MR) is 92.8 cm³/mol. The molecule has 1 heterocycles. The van der Waals surface area contributed by atoms with E-state index in [0.29, 0.717) is 12.8 Å². The Balaban J connectivity index is 2.76. The van der Waals surface area contributed by atoms with Gasteiger partial charge in [0, 0.05) is 13.1 Å². The first-order chi connectivity index (χ1) is 9.42. The minimum atomic E-state index is -1.90. The van der Waals surface area contributed by atoms with Crippen molar-refractivity contribution in [1.29, 1.82) is 0 Å². The Bertz CT molecular complexity index is 374. The molecule has 0 aromatic heterocycles. The molecule has 6 heteroatoms. The van der Waals surface area contributed by atoms with E-state index in [1.807, 2.05) is 0 Å². The molecule has 1 fully saturated rings. The lowest BCUT2D eigenvalue weighted by Gasteiger charge is -2.43. The van der Waals surface area contributed by atoms with Gasteiger partial charge in [0.05, 0.1) is 18.1 Å². The molecule has 0 aromatic carbocycles. The van der Waals surface area contributed by atoms with Crippen molar-refractivity contribution >= 4 is 23.5 Å². The smallest absolute Gasteiger partial charge is 0.192 e. The third-order valence-corrected chi connectivity index (χ3v) is 10.5. The highest BCUT2D eigenvalue weighted by molar-refractivity contribution is 7.13. The van der Waals surface area contributed by atoms with Crippen LogP contribution in [0.3, 0.4) is 0 Å². The van der Waals surface area contributed by atoms with Gasteiger partial charge in [-0.15, -0.1) is 0 Å². The molecule has 0 amide bonds. The number of ketones is 1. The van der Waals surface area contributed by atoms with Gasteiger partial charge in [0.2, 0.25) is 0 Å². The molecule has 1 aliphatic heterocycles.